The molecule has 1 aliphatic rings. The van der Waals surface area contributed by atoms with Gasteiger partial charge >= 0.3 is 0 Å². The molecule has 2 rings (SSSR count). The molecule has 1 fully saturated rings. The summed E-state index contributed by atoms with van der Waals surface area (Å²) in [6.07, 6.45) is 6.60. The van der Waals surface area contributed by atoms with Crippen LogP contribution in [-0.2, 0) is 6.42 Å². The van der Waals surface area contributed by atoms with Crippen molar-refractivity contribution in [3.63, 3.8) is 0 Å². The highest BCUT2D eigenvalue weighted by Crippen LogP contribution is 2.49. The van der Waals surface area contributed by atoms with Gasteiger partial charge in [-0.3, -0.25) is 0 Å². The monoisotopic (exact) mass is 344 g/mol. The van der Waals surface area contributed by atoms with E-state index in [1.807, 2.05) is 0 Å². The summed E-state index contributed by atoms with van der Waals surface area (Å²) in [5.41, 5.74) is 0.731. The third-order valence-electron chi connectivity index (χ3n) is 4.51. The van der Waals surface area contributed by atoms with Crippen LogP contribution in [0.25, 0.3) is 0 Å². The first-order valence-electron chi connectivity index (χ1n) is 7.51. The molecule has 0 heterocycles. The molecule has 0 spiro atoms. The molecular formula is C17H23BrF2. The smallest absolute Gasteiger partial charge is 0.162 e. The minimum atomic E-state index is -0.744. The third kappa shape index (κ3) is 3.41. The van der Waals surface area contributed by atoms with Crippen molar-refractivity contribution < 1.29 is 8.78 Å². The van der Waals surface area contributed by atoms with Crippen molar-refractivity contribution in [2.24, 2.45) is 11.3 Å². The highest BCUT2D eigenvalue weighted by Gasteiger charge is 2.40. The summed E-state index contributed by atoms with van der Waals surface area (Å²) in [5.74, 6) is -0.799. The zero-order valence-electron chi connectivity index (χ0n) is 12.3. The topological polar surface area (TPSA) is 0 Å². The van der Waals surface area contributed by atoms with Crippen LogP contribution in [-0.4, -0.2) is 4.83 Å². The number of hydrogen-bond acceptors (Lipinski definition) is 0. The van der Waals surface area contributed by atoms with E-state index in [-0.39, 0.29) is 10.2 Å². The van der Waals surface area contributed by atoms with Crippen LogP contribution in [0.3, 0.4) is 0 Å². The molecule has 0 saturated heterocycles. The first-order chi connectivity index (χ1) is 9.44. The van der Waals surface area contributed by atoms with Gasteiger partial charge in [-0.15, -0.1) is 0 Å². The first kappa shape index (κ1) is 15.9. The van der Waals surface area contributed by atoms with Gasteiger partial charge in [0.15, 0.2) is 11.6 Å². The van der Waals surface area contributed by atoms with Crippen molar-refractivity contribution in [1.29, 1.82) is 0 Å². The molecule has 1 atom stereocenters. The number of benzene rings is 1. The Morgan fingerprint density at radius 1 is 1.20 bits per heavy atom. The summed E-state index contributed by atoms with van der Waals surface area (Å²) >= 11 is 3.80. The van der Waals surface area contributed by atoms with Crippen molar-refractivity contribution in [3.05, 3.63) is 35.4 Å². The summed E-state index contributed by atoms with van der Waals surface area (Å²) in [5, 5.41) is 0. The Morgan fingerprint density at radius 3 is 2.45 bits per heavy atom. The van der Waals surface area contributed by atoms with Crippen molar-refractivity contribution in [3.8, 4) is 0 Å². The fraction of sp³-hybridized carbons (Fsp3) is 0.647. The van der Waals surface area contributed by atoms with Crippen LogP contribution in [0, 0.1) is 23.0 Å². The predicted octanol–water partition coefficient (Wildman–Crippen LogP) is 5.88. The largest absolute Gasteiger partial charge is 0.204 e. The highest BCUT2D eigenvalue weighted by molar-refractivity contribution is 9.09. The van der Waals surface area contributed by atoms with Gasteiger partial charge in [-0.1, -0.05) is 54.8 Å². The van der Waals surface area contributed by atoms with Gasteiger partial charge in [0.2, 0.25) is 0 Å². The standard InChI is InChI=1S/C17H23BrF2/c1-12(2)11-17(8-3-4-9-17)15(18)10-13-6-5-7-14(19)16(13)20/h5-7,12,15H,3-4,8-11H2,1-2H3. The van der Waals surface area contributed by atoms with Crippen LogP contribution in [0.1, 0.15) is 51.5 Å². The molecule has 0 nitrogen and oxygen atoms in total. The summed E-state index contributed by atoms with van der Waals surface area (Å²) in [6, 6.07) is 4.48. The van der Waals surface area contributed by atoms with Gasteiger partial charge in [0.1, 0.15) is 0 Å². The van der Waals surface area contributed by atoms with E-state index >= 15 is 0 Å². The molecule has 20 heavy (non-hydrogen) atoms. The lowest BCUT2D eigenvalue weighted by Crippen LogP contribution is -2.31. The lowest BCUT2D eigenvalue weighted by atomic mass is 9.74. The van der Waals surface area contributed by atoms with E-state index in [1.54, 1.807) is 12.1 Å². The molecule has 112 valence electrons. The molecule has 1 unspecified atom stereocenters. The lowest BCUT2D eigenvalue weighted by Gasteiger charge is -2.36. The molecule has 1 aromatic rings. The molecular weight excluding hydrogens is 322 g/mol. The molecule has 1 aliphatic carbocycles. The minimum absolute atomic E-state index is 0.219. The lowest BCUT2D eigenvalue weighted by molar-refractivity contribution is 0.227. The Morgan fingerprint density at radius 2 is 1.85 bits per heavy atom. The van der Waals surface area contributed by atoms with Gasteiger partial charge in [-0.05, 0) is 48.6 Å². The quantitative estimate of drug-likeness (QED) is 0.585. The first-order valence-corrected chi connectivity index (χ1v) is 8.43. The van der Waals surface area contributed by atoms with Crippen molar-refractivity contribution in [2.45, 2.75) is 57.2 Å². The van der Waals surface area contributed by atoms with Gasteiger partial charge in [0.05, 0.1) is 0 Å². The van der Waals surface area contributed by atoms with E-state index in [4.69, 9.17) is 0 Å². The van der Waals surface area contributed by atoms with E-state index in [9.17, 15) is 8.78 Å². The van der Waals surface area contributed by atoms with Crippen LogP contribution >= 0.6 is 15.9 Å². The number of hydrogen-bond donors (Lipinski definition) is 0. The van der Waals surface area contributed by atoms with Gasteiger partial charge in [0.25, 0.3) is 0 Å². The highest BCUT2D eigenvalue weighted by atomic mass is 79.9. The molecule has 0 bridgehead atoms. The Bertz CT molecular complexity index is 450. The van der Waals surface area contributed by atoms with E-state index in [0.717, 1.165) is 6.42 Å². The van der Waals surface area contributed by atoms with Crippen molar-refractivity contribution in [1.82, 2.24) is 0 Å². The van der Waals surface area contributed by atoms with Crippen LogP contribution < -0.4 is 0 Å². The fourth-order valence-electron chi connectivity index (χ4n) is 3.65. The van der Waals surface area contributed by atoms with Gasteiger partial charge < -0.3 is 0 Å². The van der Waals surface area contributed by atoms with E-state index in [1.165, 1.54) is 31.7 Å². The SMILES string of the molecule is CC(C)CC1(C(Br)Cc2cccc(F)c2F)CCCC1. The van der Waals surface area contributed by atoms with Gasteiger partial charge in [0, 0.05) is 4.83 Å². The number of halogens is 3. The molecule has 1 aromatic carbocycles. The Hall–Kier alpha value is -0.440. The molecule has 0 amide bonds. The Labute approximate surface area is 129 Å². The van der Waals surface area contributed by atoms with E-state index < -0.39 is 11.6 Å². The van der Waals surface area contributed by atoms with Crippen LogP contribution in [0.2, 0.25) is 0 Å². The maximum absolute atomic E-state index is 13.8. The Balaban J connectivity index is 2.16. The van der Waals surface area contributed by atoms with Crippen LogP contribution in [0.5, 0.6) is 0 Å². The molecule has 3 heteroatoms. The van der Waals surface area contributed by atoms with Crippen molar-refractivity contribution >= 4 is 15.9 Å². The van der Waals surface area contributed by atoms with Crippen LogP contribution in [0.15, 0.2) is 18.2 Å². The molecule has 1 saturated carbocycles. The second kappa shape index (κ2) is 6.55. The van der Waals surface area contributed by atoms with Gasteiger partial charge in [-0.2, -0.15) is 0 Å². The average molecular weight is 345 g/mol. The fourth-order valence-corrected chi connectivity index (χ4v) is 4.65. The summed E-state index contributed by atoms with van der Waals surface area (Å²) < 4.78 is 27.2. The Kier molecular flexibility index (Phi) is 5.22. The second-order valence-corrected chi connectivity index (χ2v) is 7.66. The molecule has 0 aromatic heterocycles. The average Bonchev–Trinajstić information content (AvgIpc) is 2.84. The molecule has 0 radical (unpaired) electrons. The number of alkyl halides is 1. The maximum Gasteiger partial charge on any atom is 0.162 e. The van der Waals surface area contributed by atoms with Crippen molar-refractivity contribution in [2.75, 3.05) is 0 Å². The van der Waals surface area contributed by atoms with E-state index in [2.05, 4.69) is 29.8 Å². The second-order valence-electron chi connectivity index (χ2n) is 6.55. The summed E-state index contributed by atoms with van der Waals surface area (Å²) in [7, 11) is 0. The maximum atomic E-state index is 13.8. The molecule has 0 aliphatic heterocycles. The normalized spacial score (nSPS) is 19.5. The third-order valence-corrected chi connectivity index (χ3v) is 5.80. The molecule has 0 N–H and O–H groups in total. The van der Waals surface area contributed by atoms with E-state index in [0.29, 0.717) is 17.9 Å². The number of rotatable bonds is 5. The zero-order valence-corrected chi connectivity index (χ0v) is 13.8. The predicted molar refractivity (Wildman–Crippen MR) is 83.1 cm³/mol. The minimum Gasteiger partial charge on any atom is -0.204 e. The van der Waals surface area contributed by atoms with Gasteiger partial charge in [-0.25, -0.2) is 8.78 Å². The zero-order chi connectivity index (χ0) is 14.8. The summed E-state index contributed by atoms with van der Waals surface area (Å²) in [6.45, 7) is 4.48. The summed E-state index contributed by atoms with van der Waals surface area (Å²) in [4.78, 5) is 0.219. The van der Waals surface area contributed by atoms with Crippen LogP contribution in [0.4, 0.5) is 8.78 Å².